The zero-order chi connectivity index (χ0) is 14.1. The first-order chi connectivity index (χ1) is 9.22. The topological polar surface area (TPSA) is 44.8 Å². The molecule has 5 heteroatoms. The Hall–Kier alpha value is -0.650. The van der Waals surface area contributed by atoms with Crippen LogP contribution in [0.3, 0.4) is 0 Å². The van der Waals surface area contributed by atoms with Gasteiger partial charge in [-0.25, -0.2) is 0 Å². The first-order valence-electron chi connectivity index (χ1n) is 7.44. The van der Waals surface area contributed by atoms with Gasteiger partial charge in [-0.05, 0) is 12.8 Å². The fourth-order valence-electron chi connectivity index (χ4n) is 2.58. The molecule has 0 radical (unpaired) electrons. The van der Waals surface area contributed by atoms with E-state index in [2.05, 4.69) is 24.1 Å². The van der Waals surface area contributed by atoms with Crippen LogP contribution in [-0.2, 0) is 9.53 Å². The highest BCUT2D eigenvalue weighted by molar-refractivity contribution is 5.78. The molecular weight excluding hydrogens is 242 g/mol. The molecule has 0 aliphatic carbocycles. The lowest BCUT2D eigenvalue weighted by Crippen LogP contribution is -2.51. The van der Waals surface area contributed by atoms with Crippen molar-refractivity contribution in [2.75, 3.05) is 53.0 Å². The van der Waals surface area contributed by atoms with E-state index in [9.17, 15) is 4.79 Å². The number of ether oxygens (including phenoxy) is 1. The lowest BCUT2D eigenvalue weighted by atomic mass is 10.1. The molecule has 1 rings (SSSR count). The van der Waals surface area contributed by atoms with Crippen molar-refractivity contribution in [1.82, 2.24) is 15.1 Å². The third-order valence-corrected chi connectivity index (χ3v) is 3.81. The predicted molar refractivity (Wildman–Crippen MR) is 77.3 cm³/mol. The van der Waals surface area contributed by atoms with Gasteiger partial charge in [-0.3, -0.25) is 9.69 Å². The van der Waals surface area contributed by atoms with Crippen LogP contribution < -0.4 is 5.32 Å². The molecule has 0 bridgehead atoms. The van der Waals surface area contributed by atoms with Crippen LogP contribution in [0.5, 0.6) is 0 Å². The second-order valence-corrected chi connectivity index (χ2v) is 5.08. The molecule has 0 aromatic carbocycles. The van der Waals surface area contributed by atoms with Crippen molar-refractivity contribution in [1.29, 1.82) is 0 Å². The molecule has 1 fully saturated rings. The molecule has 0 saturated carbocycles. The molecule has 5 nitrogen and oxygen atoms in total. The number of nitrogens with one attached hydrogen (secondary N) is 1. The van der Waals surface area contributed by atoms with Crippen molar-refractivity contribution < 1.29 is 9.53 Å². The van der Waals surface area contributed by atoms with Gasteiger partial charge in [0.15, 0.2) is 0 Å². The molecular formula is C14H29N3O2. The summed E-state index contributed by atoms with van der Waals surface area (Å²) in [5, 5.41) is 3.31. The van der Waals surface area contributed by atoms with E-state index in [1.54, 1.807) is 7.11 Å². The molecule has 0 unspecified atom stereocenters. The zero-order valence-electron chi connectivity index (χ0n) is 12.7. The zero-order valence-corrected chi connectivity index (χ0v) is 12.7. The summed E-state index contributed by atoms with van der Waals surface area (Å²) in [5.74, 6) is 0.243. The van der Waals surface area contributed by atoms with Gasteiger partial charge in [0.25, 0.3) is 0 Å². The highest BCUT2D eigenvalue weighted by Gasteiger charge is 2.23. The molecule has 19 heavy (non-hydrogen) atoms. The van der Waals surface area contributed by atoms with Crippen molar-refractivity contribution in [3.05, 3.63) is 0 Å². The number of hydrogen-bond donors (Lipinski definition) is 1. The molecule has 1 aliphatic heterocycles. The lowest BCUT2D eigenvalue weighted by Gasteiger charge is -2.34. The smallest absolute Gasteiger partial charge is 0.237 e. The summed E-state index contributed by atoms with van der Waals surface area (Å²) in [6.07, 6.45) is 2.01. The molecule has 1 amide bonds. The van der Waals surface area contributed by atoms with Crippen LogP contribution in [0.25, 0.3) is 0 Å². The molecule has 1 saturated heterocycles. The second kappa shape index (κ2) is 9.28. The highest BCUT2D eigenvalue weighted by atomic mass is 16.5. The Labute approximate surface area is 117 Å². The van der Waals surface area contributed by atoms with Crippen LogP contribution in [0.15, 0.2) is 0 Å². The molecule has 112 valence electrons. The fourth-order valence-corrected chi connectivity index (χ4v) is 2.58. The third-order valence-electron chi connectivity index (χ3n) is 3.81. The van der Waals surface area contributed by atoms with Gasteiger partial charge in [0.05, 0.1) is 13.2 Å². The molecule has 1 N–H and O–H groups in total. The Morgan fingerprint density at radius 1 is 1.32 bits per heavy atom. The summed E-state index contributed by atoms with van der Waals surface area (Å²) < 4.78 is 5.13. The molecule has 1 aliphatic rings. The number of carbonyl (C=O) groups is 1. The van der Waals surface area contributed by atoms with E-state index in [0.29, 0.717) is 25.7 Å². The average molecular weight is 271 g/mol. The summed E-state index contributed by atoms with van der Waals surface area (Å²) in [5.41, 5.74) is 0. The van der Waals surface area contributed by atoms with Crippen LogP contribution >= 0.6 is 0 Å². The summed E-state index contributed by atoms with van der Waals surface area (Å²) in [4.78, 5) is 16.7. The van der Waals surface area contributed by atoms with Crippen LogP contribution in [0, 0.1) is 0 Å². The van der Waals surface area contributed by atoms with Gasteiger partial charge < -0.3 is 15.0 Å². The van der Waals surface area contributed by atoms with Crippen molar-refractivity contribution in [3.8, 4) is 0 Å². The number of piperazine rings is 1. The minimum atomic E-state index is 0.243. The van der Waals surface area contributed by atoms with E-state index in [1.807, 2.05) is 4.90 Å². The van der Waals surface area contributed by atoms with Gasteiger partial charge in [0, 0.05) is 45.9 Å². The first kappa shape index (κ1) is 16.4. The summed E-state index contributed by atoms with van der Waals surface area (Å²) >= 11 is 0. The van der Waals surface area contributed by atoms with Gasteiger partial charge in [-0.2, -0.15) is 0 Å². The van der Waals surface area contributed by atoms with E-state index in [1.165, 1.54) is 0 Å². The van der Waals surface area contributed by atoms with E-state index in [4.69, 9.17) is 4.74 Å². The van der Waals surface area contributed by atoms with Crippen molar-refractivity contribution in [2.24, 2.45) is 0 Å². The maximum atomic E-state index is 12.5. The predicted octanol–water partition coefficient (Wildman–Crippen LogP) is 0.555. The minimum absolute atomic E-state index is 0.243. The van der Waals surface area contributed by atoms with Crippen molar-refractivity contribution in [3.63, 3.8) is 0 Å². The monoisotopic (exact) mass is 271 g/mol. The normalized spacial score (nSPS) is 16.8. The van der Waals surface area contributed by atoms with E-state index in [-0.39, 0.29) is 5.91 Å². The Morgan fingerprint density at radius 2 is 1.95 bits per heavy atom. The average Bonchev–Trinajstić information content (AvgIpc) is 2.44. The number of rotatable bonds is 8. The second-order valence-electron chi connectivity index (χ2n) is 5.08. The molecule has 1 heterocycles. The Kier molecular flexibility index (Phi) is 8.02. The first-order valence-corrected chi connectivity index (χ1v) is 7.44. The summed E-state index contributed by atoms with van der Waals surface area (Å²) in [6, 6.07) is 0.338. The maximum Gasteiger partial charge on any atom is 0.237 e. The van der Waals surface area contributed by atoms with Gasteiger partial charge in [-0.1, -0.05) is 13.8 Å². The van der Waals surface area contributed by atoms with E-state index < -0.39 is 0 Å². The third kappa shape index (κ3) is 5.47. The number of methoxy groups -OCH3 is 1. The lowest BCUT2D eigenvalue weighted by molar-refractivity contribution is -0.135. The standard InChI is InChI=1S/C14H29N3O2/c1-4-13(5-2)17(10-11-19-3)14(18)12-16-8-6-15-7-9-16/h13,15H,4-12H2,1-3H3. The minimum Gasteiger partial charge on any atom is -0.383 e. The van der Waals surface area contributed by atoms with Gasteiger partial charge in [0.2, 0.25) is 5.91 Å². The Balaban J connectivity index is 2.53. The quantitative estimate of drug-likeness (QED) is 0.700. The molecule has 0 aromatic rings. The molecule has 0 aromatic heterocycles. The Morgan fingerprint density at radius 3 is 2.47 bits per heavy atom. The molecule has 0 spiro atoms. The number of amides is 1. The van der Waals surface area contributed by atoms with Gasteiger partial charge in [-0.15, -0.1) is 0 Å². The van der Waals surface area contributed by atoms with Crippen LogP contribution in [0.2, 0.25) is 0 Å². The number of hydrogen-bond acceptors (Lipinski definition) is 4. The highest BCUT2D eigenvalue weighted by Crippen LogP contribution is 2.10. The van der Waals surface area contributed by atoms with Gasteiger partial charge >= 0.3 is 0 Å². The van der Waals surface area contributed by atoms with Gasteiger partial charge in [0.1, 0.15) is 0 Å². The maximum absolute atomic E-state index is 12.5. The number of carbonyl (C=O) groups excluding carboxylic acids is 1. The van der Waals surface area contributed by atoms with Crippen molar-refractivity contribution >= 4 is 5.91 Å². The van der Waals surface area contributed by atoms with E-state index in [0.717, 1.165) is 39.0 Å². The van der Waals surface area contributed by atoms with Crippen LogP contribution in [0.4, 0.5) is 0 Å². The Bertz CT molecular complexity index is 251. The van der Waals surface area contributed by atoms with E-state index >= 15 is 0 Å². The number of nitrogens with zero attached hydrogens (tertiary/aromatic N) is 2. The van der Waals surface area contributed by atoms with Crippen LogP contribution in [-0.4, -0.2) is 74.7 Å². The van der Waals surface area contributed by atoms with Crippen molar-refractivity contribution in [2.45, 2.75) is 32.7 Å². The molecule has 0 atom stereocenters. The SMILES string of the molecule is CCC(CC)N(CCOC)C(=O)CN1CCNCC1. The van der Waals surface area contributed by atoms with Crippen LogP contribution in [0.1, 0.15) is 26.7 Å². The summed E-state index contributed by atoms with van der Waals surface area (Å²) in [7, 11) is 1.69. The fraction of sp³-hybridized carbons (Fsp3) is 0.929. The largest absolute Gasteiger partial charge is 0.383 e. The summed E-state index contributed by atoms with van der Waals surface area (Å²) in [6.45, 7) is 10.0.